The molecule has 14 heteroatoms. The monoisotopic (exact) mass is 1190 g/mol. The summed E-state index contributed by atoms with van der Waals surface area (Å²) in [6, 6.07) is 25.9. The number of esters is 1. The third-order valence-electron chi connectivity index (χ3n) is 15.3. The van der Waals surface area contributed by atoms with Crippen LogP contribution >= 0.6 is 16.8 Å². The molecule has 1 aliphatic heterocycles. The Morgan fingerprint density at radius 1 is 0.542 bits per heavy atom. The van der Waals surface area contributed by atoms with Crippen LogP contribution in [-0.2, 0) is 40.7 Å². The number of rotatable bonds is 12. The number of aryl methyl sites for hydroxylation is 6. The molecule has 2 atom stereocenters. The maximum absolute atomic E-state index is 14.0. The molecule has 8 rings (SSSR count). The predicted molar refractivity (Wildman–Crippen MR) is 350 cm³/mol. The predicted octanol–water partition coefficient (Wildman–Crippen LogP) is 19.0. The first-order chi connectivity index (χ1) is 38.1. The van der Waals surface area contributed by atoms with Crippen LogP contribution in [0, 0.1) is 52.4 Å². The summed E-state index contributed by atoms with van der Waals surface area (Å²) in [4.78, 5) is 40.7. The zero-order valence-electron chi connectivity index (χ0n) is 53.8. The number of hydrogen-bond acceptors (Lipinski definition) is 10. The number of Topliss-reactive ketones (excluding diaryl/α,β-unsaturated/α-hetero) is 1. The standard InChI is InChI=1S/C69H88O10P2Si2/c1-39-25-41(3)59(42(4)26-39)46-32-50(63(55(34-46)82(19,20)21)78-80-73-38-58(71)75-80)51-33-47(60-43(5)27-40(2)28-44(60)6)35-56(83(22,23)24)64(51)79-81-76-61-49(29-45(30-53(61)66(7,8)9)31-57(70)68(13,14)15)52-36-48(74-65(72)69(16,17)18)37-54(62(52)77-81)67(10,11)12/h25-30,32-37H,31,38H2,1-24H3. The molecule has 0 N–H and O–H groups in total. The minimum atomic E-state index is -2.49. The van der Waals surface area contributed by atoms with E-state index in [0.717, 1.165) is 82.7 Å². The fraction of sp³-hybridized carbons (Fsp3) is 0.435. The van der Waals surface area contributed by atoms with Crippen molar-refractivity contribution < 1.29 is 45.6 Å². The van der Waals surface area contributed by atoms with Gasteiger partial charge in [0.25, 0.3) is 0 Å². The molecule has 1 fully saturated rings. The highest BCUT2D eigenvalue weighted by molar-refractivity contribution is 7.43. The summed E-state index contributed by atoms with van der Waals surface area (Å²) in [5.74, 6) is 0.766. The molecule has 0 saturated carbocycles. The van der Waals surface area contributed by atoms with Crippen molar-refractivity contribution in [3.8, 4) is 50.6 Å². The van der Waals surface area contributed by atoms with Crippen molar-refractivity contribution in [3.63, 3.8) is 0 Å². The minimum Gasteiger partial charge on any atom is -0.426 e. The molecule has 0 aliphatic carbocycles. The van der Waals surface area contributed by atoms with Crippen molar-refractivity contribution in [1.82, 2.24) is 0 Å². The number of ketones is 1. The molecular formula is C69H88O10P2Si2. The Kier molecular flexibility index (Phi) is 17.2. The van der Waals surface area contributed by atoms with E-state index in [-0.39, 0.29) is 24.8 Å². The highest BCUT2D eigenvalue weighted by Crippen LogP contribution is 2.53. The molecule has 7 aromatic rings. The second kappa shape index (κ2) is 22.6. The Balaban J connectivity index is 1.60. The van der Waals surface area contributed by atoms with Gasteiger partial charge < -0.3 is 26.7 Å². The summed E-state index contributed by atoms with van der Waals surface area (Å²) in [7, 11) is -9.40. The van der Waals surface area contributed by atoms with E-state index < -0.39 is 60.6 Å². The number of hydrogen-bond donors (Lipinski definition) is 0. The first kappa shape index (κ1) is 63.3. The van der Waals surface area contributed by atoms with Crippen LogP contribution in [0.2, 0.25) is 39.3 Å². The van der Waals surface area contributed by atoms with E-state index >= 15 is 0 Å². The van der Waals surface area contributed by atoms with E-state index in [1.54, 1.807) is 0 Å². The van der Waals surface area contributed by atoms with Crippen LogP contribution in [-0.4, -0.2) is 40.5 Å². The Morgan fingerprint density at radius 3 is 1.37 bits per heavy atom. The summed E-state index contributed by atoms with van der Waals surface area (Å²) in [5, 5.41) is 3.40. The fourth-order valence-electron chi connectivity index (χ4n) is 11.0. The maximum Gasteiger partial charge on any atom is 0.465 e. The lowest BCUT2D eigenvalue weighted by Gasteiger charge is -2.29. The van der Waals surface area contributed by atoms with E-state index in [9.17, 15) is 14.4 Å². The van der Waals surface area contributed by atoms with E-state index in [4.69, 9.17) is 31.2 Å². The fourth-order valence-corrected chi connectivity index (χ4v) is 16.2. The second-order valence-electron chi connectivity index (χ2n) is 29.3. The highest BCUT2D eigenvalue weighted by Gasteiger charge is 2.37. The van der Waals surface area contributed by atoms with Gasteiger partial charge in [0.1, 0.15) is 34.2 Å². The molecule has 2 unspecified atom stereocenters. The molecule has 10 nitrogen and oxygen atoms in total. The van der Waals surface area contributed by atoms with E-state index in [1.165, 1.54) is 11.1 Å². The van der Waals surface area contributed by atoms with Crippen molar-refractivity contribution in [1.29, 1.82) is 0 Å². The Bertz CT molecular complexity index is 3660. The van der Waals surface area contributed by atoms with E-state index in [1.807, 2.05) is 59.7 Å². The zero-order valence-corrected chi connectivity index (χ0v) is 57.6. The number of fused-ring (bicyclic) bond motifs is 3. The molecule has 442 valence electrons. The van der Waals surface area contributed by atoms with Gasteiger partial charge in [0.2, 0.25) is 0 Å². The Hall–Kier alpha value is -5.75. The molecule has 2 heterocycles. The second-order valence-corrected chi connectivity index (χ2v) is 41.4. The first-order valence-corrected chi connectivity index (χ1v) is 38.1. The van der Waals surface area contributed by atoms with Crippen LogP contribution in [0.3, 0.4) is 0 Å². The quantitative estimate of drug-likeness (QED) is 0.0505. The zero-order chi connectivity index (χ0) is 61.6. The van der Waals surface area contributed by atoms with E-state index in [0.29, 0.717) is 39.2 Å². The summed E-state index contributed by atoms with van der Waals surface area (Å²) in [5.41, 5.74) is 13.8. The molecular weight excluding hydrogens is 1110 g/mol. The average Bonchev–Trinajstić information content (AvgIpc) is 2.12. The van der Waals surface area contributed by atoms with Gasteiger partial charge in [0.05, 0.1) is 21.6 Å². The first-order valence-electron chi connectivity index (χ1n) is 28.9. The molecule has 6 aromatic carbocycles. The van der Waals surface area contributed by atoms with Crippen LogP contribution in [0.4, 0.5) is 0 Å². The maximum atomic E-state index is 14.0. The third-order valence-corrected chi connectivity index (χ3v) is 21.3. The van der Waals surface area contributed by atoms with Gasteiger partial charge in [-0.25, -0.2) is 4.79 Å². The molecule has 0 spiro atoms. The van der Waals surface area contributed by atoms with Crippen molar-refractivity contribution in [2.24, 2.45) is 10.8 Å². The Morgan fingerprint density at radius 2 is 0.976 bits per heavy atom. The normalized spacial score (nSPS) is 14.8. The molecule has 0 radical (unpaired) electrons. The van der Waals surface area contributed by atoms with Crippen LogP contribution in [0.25, 0.3) is 55.3 Å². The molecule has 1 saturated heterocycles. The van der Waals surface area contributed by atoms with Crippen molar-refractivity contribution >= 4 is 83.0 Å². The molecule has 0 bridgehead atoms. The van der Waals surface area contributed by atoms with Crippen molar-refractivity contribution in [3.05, 3.63) is 123 Å². The molecule has 1 aromatic heterocycles. The van der Waals surface area contributed by atoms with E-state index in [2.05, 4.69) is 177 Å². The van der Waals surface area contributed by atoms with Crippen LogP contribution in [0.1, 0.15) is 133 Å². The van der Waals surface area contributed by atoms with Crippen LogP contribution < -0.4 is 24.2 Å². The lowest BCUT2D eigenvalue weighted by atomic mass is 9.81. The van der Waals surface area contributed by atoms with Gasteiger partial charge in [-0.1, -0.05) is 155 Å². The van der Waals surface area contributed by atoms with Crippen LogP contribution in [0.5, 0.6) is 17.2 Å². The summed E-state index contributed by atoms with van der Waals surface area (Å²) >= 11 is 0. The number of carbonyl (C=O) groups is 3. The number of ether oxygens (including phenoxy) is 1. The Labute approximate surface area is 498 Å². The minimum absolute atomic E-state index is 0.0966. The number of carbonyl (C=O) groups excluding carboxylic acids is 3. The lowest BCUT2D eigenvalue weighted by molar-refractivity contribution is -0.143. The summed E-state index contributed by atoms with van der Waals surface area (Å²) < 4.78 is 47.9. The van der Waals surface area contributed by atoms with Crippen molar-refractivity contribution in [2.75, 3.05) is 6.61 Å². The average molecular weight is 1200 g/mol. The van der Waals surface area contributed by atoms with Gasteiger partial charge in [0, 0.05) is 44.9 Å². The van der Waals surface area contributed by atoms with Gasteiger partial charge in [-0.2, -0.15) is 0 Å². The summed E-state index contributed by atoms with van der Waals surface area (Å²) in [6.45, 7) is 50.8. The molecule has 0 amide bonds. The smallest absolute Gasteiger partial charge is 0.426 e. The SMILES string of the molecule is Cc1cc(C)c(-c2cc(-c3cc(-c4c(C)cc(C)cc4C)cc([Si](C)(C)C)c3Op3oc4c(C(C)(C)C)cc(CC(=O)C(C)(C)C)cc4c4cc(OC(=O)C(C)(C)C)cc(C(C)(C)C)c4o3)c(OP3OCC(=O)O3)c([Si](C)(C)C)c2)c(C)c1. The third kappa shape index (κ3) is 13.7. The van der Waals surface area contributed by atoms with Gasteiger partial charge >= 0.3 is 28.8 Å². The van der Waals surface area contributed by atoms with Gasteiger partial charge in [0.15, 0.2) is 6.61 Å². The molecule has 1 aliphatic rings. The molecule has 83 heavy (non-hydrogen) atoms. The lowest BCUT2D eigenvalue weighted by Crippen LogP contribution is -2.39. The van der Waals surface area contributed by atoms with Gasteiger partial charge in [-0.15, -0.1) is 0 Å². The van der Waals surface area contributed by atoms with Gasteiger partial charge in [-0.05, 0) is 164 Å². The highest BCUT2D eigenvalue weighted by atomic mass is 31.2. The van der Waals surface area contributed by atoms with Crippen LogP contribution in [0.15, 0.2) is 81.2 Å². The number of benzene rings is 6. The largest absolute Gasteiger partial charge is 0.465 e. The summed E-state index contributed by atoms with van der Waals surface area (Å²) in [6.07, 6.45) is 0.193. The van der Waals surface area contributed by atoms with Crippen molar-refractivity contribution in [2.45, 2.75) is 181 Å². The topological polar surface area (TPSA) is 124 Å². The van der Waals surface area contributed by atoms with Gasteiger partial charge in [-0.3, -0.25) is 14.1 Å².